The van der Waals surface area contributed by atoms with Crippen LogP contribution in [0, 0.1) is 17.7 Å². The molecule has 1 rings (SSSR count). The lowest BCUT2D eigenvalue weighted by molar-refractivity contribution is 0.217. The third-order valence-electron chi connectivity index (χ3n) is 2.42. The molecular formula is C14H18FNO2. The van der Waals surface area contributed by atoms with Crippen molar-refractivity contribution < 1.29 is 14.6 Å². The summed E-state index contributed by atoms with van der Waals surface area (Å²) in [7, 11) is 1.89. The van der Waals surface area contributed by atoms with Gasteiger partial charge in [0.1, 0.15) is 5.82 Å². The third-order valence-corrected chi connectivity index (χ3v) is 2.42. The van der Waals surface area contributed by atoms with E-state index in [0.29, 0.717) is 25.1 Å². The van der Waals surface area contributed by atoms with Gasteiger partial charge >= 0.3 is 0 Å². The highest BCUT2D eigenvalue weighted by Gasteiger charge is 2.04. The van der Waals surface area contributed by atoms with E-state index < -0.39 is 0 Å². The van der Waals surface area contributed by atoms with E-state index in [9.17, 15) is 4.39 Å². The van der Waals surface area contributed by atoms with Crippen LogP contribution >= 0.6 is 0 Å². The molecular weight excluding hydrogens is 233 g/mol. The molecule has 3 nitrogen and oxygen atoms in total. The van der Waals surface area contributed by atoms with Crippen LogP contribution in [0.4, 0.5) is 4.39 Å². The van der Waals surface area contributed by atoms with Crippen molar-refractivity contribution in [2.24, 2.45) is 0 Å². The number of benzene rings is 1. The second kappa shape index (κ2) is 7.83. The van der Waals surface area contributed by atoms with E-state index in [-0.39, 0.29) is 19.0 Å². The number of likely N-dealkylation sites (N-methyl/N-ethyl adjacent to an activating group) is 1. The second-order valence-corrected chi connectivity index (χ2v) is 4.05. The highest BCUT2D eigenvalue weighted by Crippen LogP contribution is 2.11. The van der Waals surface area contributed by atoms with Gasteiger partial charge in [-0.05, 0) is 24.7 Å². The molecule has 0 fully saturated rings. The van der Waals surface area contributed by atoms with Gasteiger partial charge in [0, 0.05) is 19.5 Å². The van der Waals surface area contributed by atoms with Crippen molar-refractivity contribution in [3.63, 3.8) is 0 Å². The van der Waals surface area contributed by atoms with Gasteiger partial charge in [0.15, 0.2) is 0 Å². The number of rotatable bonds is 5. The fraction of sp³-hybridized carbons (Fsp3) is 0.429. The monoisotopic (exact) mass is 251 g/mol. The Kier molecular flexibility index (Phi) is 6.37. The average Bonchev–Trinajstić information content (AvgIpc) is 2.34. The van der Waals surface area contributed by atoms with Crippen molar-refractivity contribution in [2.75, 3.05) is 26.8 Å². The van der Waals surface area contributed by atoms with Crippen LogP contribution in [0.15, 0.2) is 18.2 Å². The van der Waals surface area contributed by atoms with E-state index in [1.807, 2.05) is 11.9 Å². The number of hydrogen-bond acceptors (Lipinski definition) is 3. The highest BCUT2D eigenvalue weighted by atomic mass is 19.1. The summed E-state index contributed by atoms with van der Waals surface area (Å²) in [6.07, 6.45) is 0.341. The van der Waals surface area contributed by atoms with E-state index in [1.165, 1.54) is 6.07 Å². The van der Waals surface area contributed by atoms with Gasteiger partial charge in [-0.25, -0.2) is 4.39 Å². The van der Waals surface area contributed by atoms with Gasteiger partial charge in [-0.2, -0.15) is 0 Å². The molecule has 0 atom stereocenters. The number of aliphatic hydroxyl groups is 2. The van der Waals surface area contributed by atoms with E-state index >= 15 is 0 Å². The molecule has 98 valence electrons. The van der Waals surface area contributed by atoms with E-state index in [1.54, 1.807) is 12.1 Å². The Morgan fingerprint density at radius 1 is 1.28 bits per heavy atom. The molecule has 0 saturated heterocycles. The first-order chi connectivity index (χ1) is 8.67. The molecule has 0 aliphatic carbocycles. The lowest BCUT2D eigenvalue weighted by Gasteiger charge is -2.15. The zero-order valence-electron chi connectivity index (χ0n) is 10.5. The first-order valence-corrected chi connectivity index (χ1v) is 5.85. The van der Waals surface area contributed by atoms with Crippen molar-refractivity contribution in [1.29, 1.82) is 0 Å². The molecule has 18 heavy (non-hydrogen) atoms. The molecule has 0 saturated carbocycles. The van der Waals surface area contributed by atoms with Crippen LogP contribution in [-0.4, -0.2) is 41.9 Å². The Balaban J connectivity index is 2.78. The molecule has 0 heterocycles. The fourth-order valence-corrected chi connectivity index (χ4v) is 1.54. The SMILES string of the molecule is CN(CCO)Cc1ccc(F)c(C#CCCO)c1. The average molecular weight is 251 g/mol. The summed E-state index contributed by atoms with van der Waals surface area (Å²) in [4.78, 5) is 1.94. The van der Waals surface area contributed by atoms with Gasteiger partial charge in [0.2, 0.25) is 0 Å². The lowest BCUT2D eigenvalue weighted by atomic mass is 10.1. The quantitative estimate of drug-likeness (QED) is 0.767. The summed E-state index contributed by atoms with van der Waals surface area (Å²) in [6, 6.07) is 4.80. The molecule has 1 aromatic rings. The fourth-order valence-electron chi connectivity index (χ4n) is 1.54. The summed E-state index contributed by atoms with van der Waals surface area (Å²) in [5.74, 6) is 5.06. The van der Waals surface area contributed by atoms with Crippen molar-refractivity contribution in [3.8, 4) is 11.8 Å². The van der Waals surface area contributed by atoms with Crippen LogP contribution in [0.25, 0.3) is 0 Å². The summed E-state index contributed by atoms with van der Waals surface area (Å²) < 4.78 is 13.5. The molecule has 1 aromatic carbocycles. The molecule has 0 radical (unpaired) electrons. The van der Waals surface area contributed by atoms with Gasteiger partial charge in [-0.1, -0.05) is 17.9 Å². The van der Waals surface area contributed by atoms with E-state index in [2.05, 4.69) is 11.8 Å². The Labute approximate surface area is 107 Å². The summed E-state index contributed by atoms with van der Waals surface area (Å²) in [5.41, 5.74) is 1.29. The number of aliphatic hydroxyl groups excluding tert-OH is 2. The number of halogens is 1. The highest BCUT2D eigenvalue weighted by molar-refractivity contribution is 5.38. The minimum absolute atomic E-state index is 0.0203. The van der Waals surface area contributed by atoms with Crippen molar-refractivity contribution in [1.82, 2.24) is 4.90 Å². The molecule has 0 bridgehead atoms. The molecule has 2 N–H and O–H groups in total. The molecule has 0 spiro atoms. The largest absolute Gasteiger partial charge is 0.395 e. The minimum atomic E-state index is -0.353. The van der Waals surface area contributed by atoms with Gasteiger partial charge in [0.05, 0.1) is 18.8 Å². The molecule has 0 aliphatic heterocycles. The zero-order valence-corrected chi connectivity index (χ0v) is 10.5. The van der Waals surface area contributed by atoms with Crippen LogP contribution in [0.1, 0.15) is 17.5 Å². The number of nitrogens with zero attached hydrogens (tertiary/aromatic N) is 1. The van der Waals surface area contributed by atoms with E-state index in [4.69, 9.17) is 10.2 Å². The smallest absolute Gasteiger partial charge is 0.138 e. The third kappa shape index (κ3) is 4.84. The van der Waals surface area contributed by atoms with Crippen LogP contribution in [0.3, 0.4) is 0 Å². The minimum Gasteiger partial charge on any atom is -0.395 e. The summed E-state index contributed by atoms with van der Waals surface area (Å²) >= 11 is 0. The molecule has 0 aromatic heterocycles. The standard InChI is InChI=1S/C14H18FNO2/c1-16(7-9-18)11-12-5-6-14(15)13(10-12)4-2-3-8-17/h5-6,10,17-18H,3,7-9,11H2,1H3. The Morgan fingerprint density at radius 2 is 2.06 bits per heavy atom. The normalized spacial score (nSPS) is 10.3. The summed E-state index contributed by atoms with van der Waals surface area (Å²) in [6.45, 7) is 1.28. The Morgan fingerprint density at radius 3 is 2.72 bits per heavy atom. The maximum absolute atomic E-state index is 13.5. The van der Waals surface area contributed by atoms with Gasteiger partial charge in [0.25, 0.3) is 0 Å². The van der Waals surface area contributed by atoms with Gasteiger partial charge < -0.3 is 10.2 Å². The van der Waals surface area contributed by atoms with Gasteiger partial charge in [-0.15, -0.1) is 0 Å². The maximum atomic E-state index is 13.5. The molecule has 0 amide bonds. The molecule has 0 unspecified atom stereocenters. The first kappa shape index (κ1) is 14.7. The van der Waals surface area contributed by atoms with Crippen molar-refractivity contribution in [3.05, 3.63) is 35.1 Å². The predicted molar refractivity (Wildman–Crippen MR) is 68.4 cm³/mol. The lowest BCUT2D eigenvalue weighted by Crippen LogP contribution is -2.21. The van der Waals surface area contributed by atoms with Gasteiger partial charge in [-0.3, -0.25) is 4.90 Å². The topological polar surface area (TPSA) is 43.7 Å². The van der Waals surface area contributed by atoms with Crippen LogP contribution in [0.5, 0.6) is 0 Å². The first-order valence-electron chi connectivity index (χ1n) is 5.85. The predicted octanol–water partition coefficient (Wildman–Crippen LogP) is 0.984. The van der Waals surface area contributed by atoms with Crippen molar-refractivity contribution >= 4 is 0 Å². The van der Waals surface area contributed by atoms with Crippen LogP contribution < -0.4 is 0 Å². The van der Waals surface area contributed by atoms with Crippen molar-refractivity contribution in [2.45, 2.75) is 13.0 Å². The molecule has 0 aliphatic rings. The second-order valence-electron chi connectivity index (χ2n) is 4.05. The summed E-state index contributed by atoms with van der Waals surface area (Å²) in [5, 5.41) is 17.4. The Hall–Kier alpha value is -1.41. The number of hydrogen-bond donors (Lipinski definition) is 2. The Bertz CT molecular complexity index is 437. The molecule has 4 heteroatoms. The maximum Gasteiger partial charge on any atom is 0.138 e. The van der Waals surface area contributed by atoms with E-state index in [0.717, 1.165) is 5.56 Å². The zero-order chi connectivity index (χ0) is 13.4. The van der Waals surface area contributed by atoms with Crippen LogP contribution in [-0.2, 0) is 6.54 Å². The van der Waals surface area contributed by atoms with Crippen LogP contribution in [0.2, 0.25) is 0 Å².